The molecule has 5 heteroatoms. The van der Waals surface area contributed by atoms with Gasteiger partial charge in [-0.25, -0.2) is 0 Å². The first-order valence-corrected chi connectivity index (χ1v) is 8.99. The molecule has 0 saturated heterocycles. The Balaban J connectivity index is 1.67. The Labute approximate surface area is 154 Å². The van der Waals surface area contributed by atoms with Gasteiger partial charge in [-0.15, -0.1) is 0 Å². The molecule has 26 heavy (non-hydrogen) atoms. The van der Waals surface area contributed by atoms with Gasteiger partial charge in [0.2, 0.25) is 0 Å². The van der Waals surface area contributed by atoms with Crippen LogP contribution in [0, 0.1) is 0 Å². The standard InChI is InChI=1S/C21H28O5/c1-25-17-10-15(11-18(14-17)26-2)8-6-4-3-5-7-9-16-12-19(22)21(24)20(23)13-16/h10-14,22-24H,3-9H2,1-2H3. The predicted molar refractivity (Wildman–Crippen MR) is 101 cm³/mol. The molecule has 0 aliphatic carbocycles. The third-order valence-electron chi connectivity index (χ3n) is 4.47. The van der Waals surface area contributed by atoms with Crippen LogP contribution in [0.25, 0.3) is 0 Å². The summed E-state index contributed by atoms with van der Waals surface area (Å²) in [5.74, 6) is 0.643. The SMILES string of the molecule is COc1cc(CCCCCCCc2cc(O)c(O)c(O)c2)cc(OC)c1. The van der Waals surface area contributed by atoms with Crippen LogP contribution < -0.4 is 9.47 Å². The number of ether oxygens (including phenoxy) is 2. The minimum absolute atomic E-state index is 0.270. The normalized spacial score (nSPS) is 10.7. The van der Waals surface area contributed by atoms with Gasteiger partial charge in [0.25, 0.3) is 0 Å². The van der Waals surface area contributed by atoms with E-state index >= 15 is 0 Å². The van der Waals surface area contributed by atoms with E-state index in [0.717, 1.165) is 62.0 Å². The molecular formula is C21H28O5. The van der Waals surface area contributed by atoms with E-state index in [9.17, 15) is 15.3 Å². The Hall–Kier alpha value is -2.56. The van der Waals surface area contributed by atoms with Crippen molar-refractivity contribution < 1.29 is 24.8 Å². The largest absolute Gasteiger partial charge is 0.504 e. The number of phenols is 3. The highest BCUT2D eigenvalue weighted by Crippen LogP contribution is 2.35. The van der Waals surface area contributed by atoms with Gasteiger partial charge in [0.15, 0.2) is 17.2 Å². The lowest BCUT2D eigenvalue weighted by atomic mass is 10.0. The molecule has 0 radical (unpaired) electrons. The van der Waals surface area contributed by atoms with E-state index in [2.05, 4.69) is 0 Å². The molecule has 0 unspecified atom stereocenters. The topological polar surface area (TPSA) is 79.2 Å². The average molecular weight is 360 g/mol. The van der Waals surface area contributed by atoms with E-state index < -0.39 is 5.75 Å². The summed E-state index contributed by atoms with van der Waals surface area (Å²) in [5, 5.41) is 28.4. The van der Waals surface area contributed by atoms with Crippen LogP contribution in [-0.2, 0) is 12.8 Å². The van der Waals surface area contributed by atoms with Gasteiger partial charge in [-0.1, -0.05) is 19.3 Å². The van der Waals surface area contributed by atoms with Gasteiger partial charge in [-0.05, 0) is 61.1 Å². The monoisotopic (exact) mass is 360 g/mol. The lowest BCUT2D eigenvalue weighted by Crippen LogP contribution is -1.92. The molecule has 2 rings (SSSR count). The van der Waals surface area contributed by atoms with Crippen LogP contribution in [0.4, 0.5) is 0 Å². The predicted octanol–water partition coefficient (Wildman–Crippen LogP) is 4.56. The summed E-state index contributed by atoms with van der Waals surface area (Å²) in [7, 11) is 3.32. The Morgan fingerprint density at radius 1 is 0.615 bits per heavy atom. The molecule has 2 aromatic carbocycles. The second kappa shape index (κ2) is 9.80. The van der Waals surface area contributed by atoms with E-state index in [1.165, 1.54) is 17.7 Å². The molecule has 5 nitrogen and oxygen atoms in total. The quantitative estimate of drug-likeness (QED) is 0.428. The van der Waals surface area contributed by atoms with Crippen molar-refractivity contribution in [2.45, 2.75) is 44.9 Å². The summed E-state index contributed by atoms with van der Waals surface area (Å²) in [6.07, 6.45) is 7.22. The van der Waals surface area contributed by atoms with Crippen LogP contribution in [0.1, 0.15) is 43.2 Å². The fourth-order valence-corrected chi connectivity index (χ4v) is 3.00. The molecule has 0 aromatic heterocycles. The van der Waals surface area contributed by atoms with Gasteiger partial charge in [0, 0.05) is 6.07 Å². The minimum Gasteiger partial charge on any atom is -0.504 e. The van der Waals surface area contributed by atoms with Crippen LogP contribution in [0.2, 0.25) is 0 Å². The summed E-state index contributed by atoms with van der Waals surface area (Å²) < 4.78 is 10.6. The smallest absolute Gasteiger partial charge is 0.200 e. The molecule has 0 bridgehead atoms. The van der Waals surface area contributed by atoms with Crippen molar-refractivity contribution >= 4 is 0 Å². The van der Waals surface area contributed by atoms with Crippen LogP contribution in [0.3, 0.4) is 0 Å². The number of hydrogen-bond acceptors (Lipinski definition) is 5. The van der Waals surface area contributed by atoms with Crippen LogP contribution >= 0.6 is 0 Å². The van der Waals surface area contributed by atoms with Crippen molar-refractivity contribution in [3.8, 4) is 28.7 Å². The number of hydrogen-bond donors (Lipinski definition) is 3. The highest BCUT2D eigenvalue weighted by atomic mass is 16.5. The first kappa shape index (κ1) is 19.8. The third-order valence-corrected chi connectivity index (χ3v) is 4.47. The summed E-state index contributed by atoms with van der Waals surface area (Å²) in [5.41, 5.74) is 2.05. The van der Waals surface area contributed by atoms with Gasteiger partial charge >= 0.3 is 0 Å². The van der Waals surface area contributed by atoms with Gasteiger partial charge in [-0.2, -0.15) is 0 Å². The van der Waals surface area contributed by atoms with Crippen molar-refractivity contribution in [1.82, 2.24) is 0 Å². The maximum absolute atomic E-state index is 9.51. The van der Waals surface area contributed by atoms with Crippen molar-refractivity contribution in [3.05, 3.63) is 41.5 Å². The van der Waals surface area contributed by atoms with Gasteiger partial charge in [0.05, 0.1) is 14.2 Å². The van der Waals surface area contributed by atoms with Crippen LogP contribution in [0.5, 0.6) is 28.7 Å². The summed E-state index contributed by atoms with van der Waals surface area (Å²) in [6.45, 7) is 0. The molecular weight excluding hydrogens is 332 g/mol. The number of rotatable bonds is 10. The highest BCUT2D eigenvalue weighted by Gasteiger charge is 2.07. The lowest BCUT2D eigenvalue weighted by Gasteiger charge is -2.08. The fourth-order valence-electron chi connectivity index (χ4n) is 3.00. The molecule has 0 atom stereocenters. The number of methoxy groups -OCH3 is 2. The van der Waals surface area contributed by atoms with E-state index in [-0.39, 0.29) is 11.5 Å². The van der Waals surface area contributed by atoms with Crippen LogP contribution in [0.15, 0.2) is 30.3 Å². The second-order valence-corrected chi connectivity index (χ2v) is 6.47. The van der Waals surface area contributed by atoms with Gasteiger partial charge in [-0.3, -0.25) is 0 Å². The average Bonchev–Trinajstić information content (AvgIpc) is 2.64. The van der Waals surface area contributed by atoms with Crippen molar-refractivity contribution in [2.24, 2.45) is 0 Å². The number of unbranched alkanes of at least 4 members (excludes halogenated alkanes) is 4. The molecule has 0 heterocycles. The second-order valence-electron chi connectivity index (χ2n) is 6.47. The first-order chi connectivity index (χ1) is 12.5. The summed E-state index contributed by atoms with van der Waals surface area (Å²) in [4.78, 5) is 0. The number of aromatic hydroxyl groups is 3. The van der Waals surface area contributed by atoms with Crippen molar-refractivity contribution in [1.29, 1.82) is 0 Å². The maximum Gasteiger partial charge on any atom is 0.200 e. The molecule has 142 valence electrons. The Kier molecular flexibility index (Phi) is 7.45. The third kappa shape index (κ3) is 5.76. The number of phenolic OH excluding ortho intramolecular Hbond substituents is 3. The summed E-state index contributed by atoms with van der Waals surface area (Å²) >= 11 is 0. The molecule has 0 aliphatic heterocycles. The van der Waals surface area contributed by atoms with Crippen LogP contribution in [-0.4, -0.2) is 29.5 Å². The van der Waals surface area contributed by atoms with Gasteiger partial charge in [0.1, 0.15) is 11.5 Å². The molecule has 0 amide bonds. The Morgan fingerprint density at radius 2 is 1.04 bits per heavy atom. The molecule has 0 aliphatic rings. The van der Waals surface area contributed by atoms with E-state index in [1.54, 1.807) is 14.2 Å². The fraction of sp³-hybridized carbons (Fsp3) is 0.429. The molecule has 0 fully saturated rings. The van der Waals surface area contributed by atoms with Crippen molar-refractivity contribution in [2.75, 3.05) is 14.2 Å². The van der Waals surface area contributed by atoms with Gasteiger partial charge < -0.3 is 24.8 Å². The zero-order valence-electron chi connectivity index (χ0n) is 15.5. The Morgan fingerprint density at radius 3 is 1.50 bits per heavy atom. The lowest BCUT2D eigenvalue weighted by molar-refractivity contribution is 0.367. The van der Waals surface area contributed by atoms with E-state index in [4.69, 9.17) is 9.47 Å². The molecule has 3 N–H and O–H groups in total. The molecule has 0 spiro atoms. The molecule has 0 saturated carbocycles. The number of benzene rings is 2. The number of aryl methyl sites for hydroxylation is 2. The Bertz CT molecular complexity index is 666. The highest BCUT2D eigenvalue weighted by molar-refractivity contribution is 5.51. The first-order valence-electron chi connectivity index (χ1n) is 8.99. The maximum atomic E-state index is 9.51. The summed E-state index contributed by atoms with van der Waals surface area (Å²) in [6, 6.07) is 8.98. The van der Waals surface area contributed by atoms with E-state index in [0.29, 0.717) is 0 Å². The molecule has 2 aromatic rings. The zero-order chi connectivity index (χ0) is 18.9. The minimum atomic E-state index is -0.456. The van der Waals surface area contributed by atoms with Crippen molar-refractivity contribution in [3.63, 3.8) is 0 Å². The zero-order valence-corrected chi connectivity index (χ0v) is 15.5. The van der Waals surface area contributed by atoms with E-state index in [1.807, 2.05) is 18.2 Å².